The Morgan fingerprint density at radius 1 is 1.34 bits per heavy atom. The van der Waals surface area contributed by atoms with Gasteiger partial charge in [0.2, 0.25) is 0 Å². The Kier molecular flexibility index (Phi) is 6.97. The fraction of sp³-hybridized carbons (Fsp3) is 0.353. The number of halogens is 2. The molecular weight excluding hydrogens is 503 g/mol. The number of thiazole rings is 1. The Labute approximate surface area is 199 Å². The number of carbonyl (C=O) groups is 1. The summed E-state index contributed by atoms with van der Waals surface area (Å²) in [4.78, 5) is 20.1. The zero-order valence-corrected chi connectivity index (χ0v) is 19.1. The van der Waals surface area contributed by atoms with Crippen molar-refractivity contribution in [3.8, 4) is 10.7 Å². The first-order chi connectivity index (χ1) is 15.3. The largest absolute Gasteiger partial charge is 0.394 e. The number of hydrogen-bond donors (Lipinski definition) is 4. The van der Waals surface area contributed by atoms with E-state index in [9.17, 15) is 20.1 Å². The van der Waals surface area contributed by atoms with E-state index in [1.807, 2.05) is 0 Å². The molecule has 32 heavy (non-hydrogen) atoms. The molecule has 4 heterocycles. The third-order valence-corrected chi connectivity index (χ3v) is 7.24. The van der Waals surface area contributed by atoms with Gasteiger partial charge in [0.1, 0.15) is 51.3 Å². The number of primary amides is 1. The summed E-state index contributed by atoms with van der Waals surface area (Å²) in [6.45, 7) is -0.526. The van der Waals surface area contributed by atoms with Crippen molar-refractivity contribution < 1.29 is 24.9 Å². The number of amides is 1. The maximum absolute atomic E-state index is 11.7. The van der Waals surface area contributed by atoms with E-state index in [1.54, 1.807) is 5.38 Å². The van der Waals surface area contributed by atoms with E-state index < -0.39 is 42.3 Å². The zero-order valence-electron chi connectivity index (χ0n) is 15.9. The number of thioether (sulfide) groups is 1. The molecule has 0 saturated carbocycles. The molecule has 0 bridgehead atoms. The fourth-order valence-corrected chi connectivity index (χ4v) is 5.52. The smallest absolute Gasteiger partial charge is 0.268 e. The van der Waals surface area contributed by atoms with E-state index >= 15 is 0 Å². The van der Waals surface area contributed by atoms with Gasteiger partial charge in [0, 0.05) is 16.5 Å². The Hall–Kier alpha value is -1.84. The van der Waals surface area contributed by atoms with Gasteiger partial charge in [-0.15, -0.1) is 16.4 Å². The number of nitrogens with two attached hydrogens (primary N) is 1. The van der Waals surface area contributed by atoms with Gasteiger partial charge in [-0.2, -0.15) is 0 Å². The van der Waals surface area contributed by atoms with Crippen LogP contribution in [0.15, 0.2) is 28.7 Å². The molecule has 2 unspecified atom stereocenters. The predicted octanol–water partition coefficient (Wildman–Crippen LogP) is 0.975. The Bertz CT molecular complexity index is 1130. The highest BCUT2D eigenvalue weighted by Crippen LogP contribution is 2.39. The molecule has 1 fully saturated rings. The number of nitrogens with zero attached hydrogens (tertiary/aromatic N) is 5. The lowest BCUT2D eigenvalue weighted by Gasteiger charge is -2.41. The molecule has 0 radical (unpaired) electrons. The summed E-state index contributed by atoms with van der Waals surface area (Å²) < 4.78 is 6.97. The summed E-state index contributed by atoms with van der Waals surface area (Å²) in [6.07, 6.45) is -0.911. The second-order valence-corrected chi connectivity index (χ2v) is 9.56. The van der Waals surface area contributed by atoms with E-state index in [-0.39, 0.29) is 15.6 Å². The van der Waals surface area contributed by atoms with Crippen LogP contribution in [-0.2, 0) is 4.74 Å². The van der Waals surface area contributed by atoms with E-state index in [4.69, 9.17) is 33.7 Å². The standard InChI is InChI=1S/C17H16Cl2N6O5S2/c18-6-1-9(11(15(20)29)21-2-6)32-17-14(28)12(13(27)8(4-26)30-17)25-3-7(23-24-25)16-22-10(19)5-31-16/h1-3,5,8,12-14,17,26-28H,4H2,(H2,20,29)/t8?,12?,13-,14-,17+/m0/s1. The SMILES string of the molecule is NC(=O)c1ncc(Cl)cc1S[C@H]1OC(CO)[C@H](O)C(n2cc(-c3nc(Cl)cs3)nn2)[C@@H]1O. The minimum absolute atomic E-state index is 0.0536. The monoisotopic (exact) mass is 518 g/mol. The Balaban J connectivity index is 1.65. The number of aliphatic hydroxyl groups is 3. The van der Waals surface area contributed by atoms with Crippen LogP contribution in [0.3, 0.4) is 0 Å². The Morgan fingerprint density at radius 2 is 2.12 bits per heavy atom. The van der Waals surface area contributed by atoms with Gasteiger partial charge in [-0.05, 0) is 6.07 Å². The minimum Gasteiger partial charge on any atom is -0.394 e. The lowest BCUT2D eigenvalue weighted by atomic mass is 9.97. The summed E-state index contributed by atoms with van der Waals surface area (Å²) in [6, 6.07) is 0.433. The number of pyridine rings is 1. The predicted molar refractivity (Wildman–Crippen MR) is 117 cm³/mol. The van der Waals surface area contributed by atoms with Crippen molar-refractivity contribution in [3.63, 3.8) is 0 Å². The van der Waals surface area contributed by atoms with Gasteiger partial charge < -0.3 is 25.8 Å². The second kappa shape index (κ2) is 9.57. The average molecular weight is 519 g/mol. The summed E-state index contributed by atoms with van der Waals surface area (Å²) in [5.74, 6) is -0.784. The molecule has 1 amide bonds. The minimum atomic E-state index is -1.33. The third kappa shape index (κ3) is 4.61. The molecule has 170 valence electrons. The number of hydrogen-bond acceptors (Lipinski definition) is 11. The molecule has 1 aliphatic rings. The maximum atomic E-state index is 11.7. The van der Waals surface area contributed by atoms with Crippen LogP contribution < -0.4 is 5.73 Å². The highest BCUT2D eigenvalue weighted by Gasteiger charge is 2.46. The molecule has 1 aliphatic heterocycles. The van der Waals surface area contributed by atoms with Crippen molar-refractivity contribution in [3.05, 3.63) is 39.7 Å². The van der Waals surface area contributed by atoms with E-state index in [0.717, 1.165) is 11.8 Å². The maximum Gasteiger partial charge on any atom is 0.268 e. The zero-order chi connectivity index (χ0) is 23.0. The number of rotatable bonds is 6. The molecule has 15 heteroatoms. The summed E-state index contributed by atoms with van der Waals surface area (Å²) in [5, 5.41) is 42.2. The molecular formula is C17H16Cl2N6O5S2. The molecule has 5 N–H and O–H groups in total. The van der Waals surface area contributed by atoms with Gasteiger partial charge in [0.15, 0.2) is 0 Å². The molecule has 0 aromatic carbocycles. The van der Waals surface area contributed by atoms with Crippen molar-refractivity contribution >= 4 is 52.2 Å². The number of carbonyl (C=O) groups excluding carboxylic acids is 1. The van der Waals surface area contributed by atoms with Gasteiger partial charge in [-0.25, -0.2) is 14.6 Å². The van der Waals surface area contributed by atoms with Crippen molar-refractivity contribution in [2.45, 2.75) is 34.7 Å². The number of ether oxygens (including phenoxy) is 1. The molecule has 1 saturated heterocycles. The van der Waals surface area contributed by atoms with Crippen molar-refractivity contribution in [1.82, 2.24) is 25.0 Å². The highest BCUT2D eigenvalue weighted by atomic mass is 35.5. The molecule has 4 rings (SSSR count). The highest BCUT2D eigenvalue weighted by molar-refractivity contribution is 8.00. The van der Waals surface area contributed by atoms with E-state index in [1.165, 1.54) is 34.5 Å². The van der Waals surface area contributed by atoms with Crippen LogP contribution in [0.25, 0.3) is 10.7 Å². The van der Waals surface area contributed by atoms with Crippen LogP contribution in [0.4, 0.5) is 0 Å². The van der Waals surface area contributed by atoms with E-state index in [2.05, 4.69) is 20.3 Å². The lowest BCUT2D eigenvalue weighted by Crippen LogP contribution is -2.55. The summed E-state index contributed by atoms with van der Waals surface area (Å²) >= 11 is 14.1. The van der Waals surface area contributed by atoms with Crippen molar-refractivity contribution in [1.29, 1.82) is 0 Å². The van der Waals surface area contributed by atoms with Crippen LogP contribution in [0.2, 0.25) is 10.2 Å². The first kappa shape index (κ1) is 23.3. The van der Waals surface area contributed by atoms with E-state index in [0.29, 0.717) is 15.9 Å². The molecule has 0 spiro atoms. The average Bonchev–Trinajstić information content (AvgIpc) is 3.39. The normalized spacial score (nSPS) is 25.7. The topological polar surface area (TPSA) is 170 Å². The fourth-order valence-electron chi connectivity index (χ4n) is 3.19. The summed E-state index contributed by atoms with van der Waals surface area (Å²) in [5.41, 5.74) is 4.70. The molecule has 0 aliphatic carbocycles. The van der Waals surface area contributed by atoms with Crippen LogP contribution in [0.1, 0.15) is 16.5 Å². The second-order valence-electron chi connectivity index (χ2n) is 6.74. The Morgan fingerprint density at radius 3 is 2.78 bits per heavy atom. The van der Waals surface area contributed by atoms with Gasteiger partial charge in [-0.3, -0.25) is 4.79 Å². The third-order valence-electron chi connectivity index (χ3n) is 4.66. The lowest BCUT2D eigenvalue weighted by molar-refractivity contribution is -0.178. The number of aliphatic hydroxyl groups excluding tert-OH is 3. The molecule has 3 aromatic rings. The molecule has 5 atom stereocenters. The van der Waals surface area contributed by atoms with Gasteiger partial charge >= 0.3 is 0 Å². The van der Waals surface area contributed by atoms with Gasteiger partial charge in [0.05, 0.1) is 17.8 Å². The van der Waals surface area contributed by atoms with Crippen LogP contribution in [-0.4, -0.2) is 76.5 Å². The molecule has 11 nitrogen and oxygen atoms in total. The first-order valence-corrected chi connectivity index (χ1v) is 11.6. The van der Waals surface area contributed by atoms with Crippen LogP contribution in [0.5, 0.6) is 0 Å². The first-order valence-electron chi connectivity index (χ1n) is 9.06. The van der Waals surface area contributed by atoms with Crippen LogP contribution >= 0.6 is 46.3 Å². The number of aromatic nitrogens is 5. The summed E-state index contributed by atoms with van der Waals surface area (Å²) in [7, 11) is 0. The van der Waals surface area contributed by atoms with Crippen LogP contribution in [0, 0.1) is 0 Å². The quantitative estimate of drug-likeness (QED) is 0.368. The van der Waals surface area contributed by atoms with Gasteiger partial charge in [-0.1, -0.05) is 40.2 Å². The molecule has 3 aromatic heterocycles. The van der Waals surface area contributed by atoms with Crippen molar-refractivity contribution in [2.24, 2.45) is 5.73 Å². The van der Waals surface area contributed by atoms with Gasteiger partial charge in [0.25, 0.3) is 5.91 Å². The van der Waals surface area contributed by atoms with Crippen molar-refractivity contribution in [2.75, 3.05) is 6.61 Å².